The van der Waals surface area contributed by atoms with Crippen molar-refractivity contribution in [1.82, 2.24) is 9.80 Å². The Bertz CT molecular complexity index is 1010. The number of amides is 3. The van der Waals surface area contributed by atoms with E-state index >= 15 is 0 Å². The summed E-state index contributed by atoms with van der Waals surface area (Å²) in [5.41, 5.74) is 4.06. The molecule has 2 heterocycles. The molecule has 0 saturated carbocycles. The molecule has 0 aromatic heterocycles. The van der Waals surface area contributed by atoms with Crippen molar-refractivity contribution in [1.29, 1.82) is 5.26 Å². The molecule has 7 nitrogen and oxygen atoms in total. The molecule has 2 saturated heterocycles. The first-order valence-electron chi connectivity index (χ1n) is 11.1. The highest BCUT2D eigenvalue weighted by molar-refractivity contribution is 5.97. The molecule has 2 aromatic rings. The molecule has 0 spiro atoms. The van der Waals surface area contributed by atoms with Crippen LogP contribution in [0.2, 0.25) is 0 Å². The second-order valence-electron chi connectivity index (χ2n) is 8.36. The van der Waals surface area contributed by atoms with E-state index in [0.29, 0.717) is 62.1 Å². The number of piperidine rings is 1. The van der Waals surface area contributed by atoms with Crippen molar-refractivity contribution in [2.45, 2.75) is 25.7 Å². The number of carbonyl (C=O) groups excluding carboxylic acids is 2. The van der Waals surface area contributed by atoms with E-state index in [1.807, 2.05) is 48.2 Å². The Morgan fingerprint density at radius 3 is 2.34 bits per heavy atom. The van der Waals surface area contributed by atoms with E-state index in [0.717, 1.165) is 18.4 Å². The summed E-state index contributed by atoms with van der Waals surface area (Å²) in [6.07, 6.45) is 1.79. The van der Waals surface area contributed by atoms with Gasteiger partial charge in [0, 0.05) is 37.4 Å². The molecule has 166 valence electrons. The third kappa shape index (κ3) is 4.92. The first-order valence-corrected chi connectivity index (χ1v) is 11.1. The van der Waals surface area contributed by atoms with E-state index < -0.39 is 0 Å². The first kappa shape index (κ1) is 21.8. The molecule has 0 radical (unpaired) electrons. The number of anilines is 1. The number of likely N-dealkylation sites (tertiary alicyclic amines) is 1. The third-order valence-corrected chi connectivity index (χ3v) is 6.32. The van der Waals surface area contributed by atoms with Crippen LogP contribution in [0.15, 0.2) is 42.5 Å². The van der Waals surface area contributed by atoms with Gasteiger partial charge in [0.25, 0.3) is 5.91 Å². The minimum absolute atomic E-state index is 0.00912. The number of urea groups is 1. The van der Waals surface area contributed by atoms with Crippen LogP contribution in [0.3, 0.4) is 0 Å². The summed E-state index contributed by atoms with van der Waals surface area (Å²) < 4.78 is 5.30. The second-order valence-corrected chi connectivity index (χ2v) is 8.36. The van der Waals surface area contributed by atoms with E-state index in [-0.39, 0.29) is 11.9 Å². The fourth-order valence-electron chi connectivity index (χ4n) is 4.28. The van der Waals surface area contributed by atoms with Gasteiger partial charge in [0.2, 0.25) is 0 Å². The van der Waals surface area contributed by atoms with Crippen molar-refractivity contribution in [3.05, 3.63) is 64.7 Å². The van der Waals surface area contributed by atoms with Crippen molar-refractivity contribution in [2.24, 2.45) is 0 Å². The molecule has 1 N–H and O–H groups in total. The number of hydrogen-bond donors (Lipinski definition) is 1. The Morgan fingerprint density at radius 2 is 1.69 bits per heavy atom. The van der Waals surface area contributed by atoms with Crippen LogP contribution in [0.1, 0.15) is 45.8 Å². The predicted octanol–water partition coefficient (Wildman–Crippen LogP) is 3.75. The fourth-order valence-corrected chi connectivity index (χ4v) is 4.28. The molecule has 2 aliphatic heterocycles. The van der Waals surface area contributed by atoms with Gasteiger partial charge < -0.3 is 19.9 Å². The second kappa shape index (κ2) is 9.84. The van der Waals surface area contributed by atoms with Crippen molar-refractivity contribution >= 4 is 17.6 Å². The Kier molecular flexibility index (Phi) is 6.72. The number of carbonyl (C=O) groups is 2. The summed E-state index contributed by atoms with van der Waals surface area (Å²) in [5.74, 6) is 0.387. The Morgan fingerprint density at radius 1 is 1.00 bits per heavy atom. The molecule has 0 bridgehead atoms. The lowest BCUT2D eigenvalue weighted by Crippen LogP contribution is -2.43. The molecular formula is C25H28N4O3. The van der Waals surface area contributed by atoms with E-state index in [9.17, 15) is 9.59 Å². The summed E-state index contributed by atoms with van der Waals surface area (Å²) >= 11 is 0. The lowest BCUT2D eigenvalue weighted by atomic mass is 9.89. The van der Waals surface area contributed by atoms with Crippen molar-refractivity contribution in [3.8, 4) is 6.07 Å². The highest BCUT2D eigenvalue weighted by Crippen LogP contribution is 2.29. The van der Waals surface area contributed by atoms with Crippen molar-refractivity contribution in [2.75, 3.05) is 44.7 Å². The van der Waals surface area contributed by atoms with E-state index in [1.54, 1.807) is 11.0 Å². The van der Waals surface area contributed by atoms with Gasteiger partial charge in [0.05, 0.1) is 24.8 Å². The SMILES string of the molecule is Cc1ccc(C(=O)N2CCC(c3ccc(C#N)cc3)CC2)cc1NC(=O)N1CCOCC1. The average Bonchev–Trinajstić information content (AvgIpc) is 2.85. The van der Waals surface area contributed by atoms with Gasteiger partial charge in [-0.05, 0) is 61.1 Å². The van der Waals surface area contributed by atoms with Gasteiger partial charge in [0.1, 0.15) is 0 Å². The summed E-state index contributed by atoms with van der Waals surface area (Å²) in [6.45, 7) is 5.52. The summed E-state index contributed by atoms with van der Waals surface area (Å²) in [5, 5.41) is 11.9. The van der Waals surface area contributed by atoms with Crippen LogP contribution in [-0.2, 0) is 4.74 Å². The molecule has 32 heavy (non-hydrogen) atoms. The molecule has 2 fully saturated rings. The topological polar surface area (TPSA) is 85.7 Å². The van der Waals surface area contributed by atoms with Gasteiger partial charge in [-0.1, -0.05) is 18.2 Å². The van der Waals surface area contributed by atoms with Crippen LogP contribution in [-0.4, -0.2) is 61.1 Å². The smallest absolute Gasteiger partial charge is 0.322 e. The van der Waals surface area contributed by atoms with Crippen molar-refractivity contribution in [3.63, 3.8) is 0 Å². The van der Waals surface area contributed by atoms with Gasteiger partial charge in [-0.15, -0.1) is 0 Å². The van der Waals surface area contributed by atoms with Crippen molar-refractivity contribution < 1.29 is 14.3 Å². The molecule has 0 atom stereocenters. The van der Waals surface area contributed by atoms with Crippen LogP contribution in [0.5, 0.6) is 0 Å². The first-order chi connectivity index (χ1) is 15.5. The zero-order chi connectivity index (χ0) is 22.5. The lowest BCUT2D eigenvalue weighted by molar-refractivity contribution is 0.0564. The van der Waals surface area contributed by atoms with Crippen LogP contribution in [0.4, 0.5) is 10.5 Å². The molecule has 4 rings (SSSR count). The van der Waals surface area contributed by atoms with Gasteiger partial charge in [-0.2, -0.15) is 5.26 Å². The number of nitrogens with zero attached hydrogens (tertiary/aromatic N) is 3. The molecule has 2 aliphatic rings. The quantitative estimate of drug-likeness (QED) is 0.800. The summed E-state index contributed by atoms with van der Waals surface area (Å²) in [7, 11) is 0. The summed E-state index contributed by atoms with van der Waals surface area (Å²) in [6, 6.07) is 15.2. The number of rotatable bonds is 3. The van der Waals surface area contributed by atoms with Crippen LogP contribution >= 0.6 is 0 Å². The third-order valence-electron chi connectivity index (χ3n) is 6.32. The van der Waals surface area contributed by atoms with Gasteiger partial charge in [-0.25, -0.2) is 4.79 Å². The number of nitrogens with one attached hydrogen (secondary N) is 1. The number of nitriles is 1. The zero-order valence-electron chi connectivity index (χ0n) is 18.3. The van der Waals surface area contributed by atoms with E-state index in [4.69, 9.17) is 10.00 Å². The van der Waals surface area contributed by atoms with E-state index in [2.05, 4.69) is 11.4 Å². The normalized spacial score (nSPS) is 17.0. The van der Waals surface area contributed by atoms with E-state index in [1.165, 1.54) is 5.56 Å². The van der Waals surface area contributed by atoms with Crippen LogP contribution in [0, 0.1) is 18.3 Å². The van der Waals surface area contributed by atoms with Gasteiger partial charge >= 0.3 is 6.03 Å². The number of morpholine rings is 1. The number of benzene rings is 2. The Balaban J connectivity index is 1.38. The fraction of sp³-hybridized carbons (Fsp3) is 0.400. The summed E-state index contributed by atoms with van der Waals surface area (Å²) in [4.78, 5) is 29.3. The molecule has 3 amide bonds. The monoisotopic (exact) mass is 432 g/mol. The highest BCUT2D eigenvalue weighted by atomic mass is 16.5. The average molecular weight is 433 g/mol. The van der Waals surface area contributed by atoms with Crippen LogP contribution < -0.4 is 5.32 Å². The molecule has 2 aromatic carbocycles. The van der Waals surface area contributed by atoms with Crippen LogP contribution in [0.25, 0.3) is 0 Å². The van der Waals surface area contributed by atoms with Gasteiger partial charge in [0.15, 0.2) is 0 Å². The molecule has 7 heteroatoms. The standard InChI is InChI=1S/C25H28N4O3/c1-18-2-5-22(16-23(18)27-25(31)29-12-14-32-15-13-29)24(30)28-10-8-21(9-11-28)20-6-3-19(17-26)4-7-20/h2-7,16,21H,8-15H2,1H3,(H,27,31). The maximum absolute atomic E-state index is 13.1. The lowest BCUT2D eigenvalue weighted by Gasteiger charge is -2.32. The highest BCUT2D eigenvalue weighted by Gasteiger charge is 2.25. The predicted molar refractivity (Wildman–Crippen MR) is 122 cm³/mol. The maximum atomic E-state index is 13.1. The number of ether oxygens (including phenoxy) is 1. The minimum Gasteiger partial charge on any atom is -0.378 e. The Hall–Kier alpha value is -3.37. The Labute approximate surface area is 188 Å². The number of aryl methyl sites for hydroxylation is 1. The molecule has 0 aliphatic carbocycles. The molecular weight excluding hydrogens is 404 g/mol. The largest absolute Gasteiger partial charge is 0.378 e. The maximum Gasteiger partial charge on any atom is 0.322 e. The zero-order valence-corrected chi connectivity index (χ0v) is 18.3. The molecule has 0 unspecified atom stereocenters. The van der Waals surface area contributed by atoms with Gasteiger partial charge in [-0.3, -0.25) is 4.79 Å². The number of hydrogen-bond acceptors (Lipinski definition) is 4. The minimum atomic E-state index is -0.163.